The minimum atomic E-state index is -0.924. The number of furan rings is 2. The maximum Gasteiger partial charge on any atom is 0.290 e. The average molecular weight is 478 g/mol. The number of hydrogen-bond acceptors (Lipinski definition) is 6. The van der Waals surface area contributed by atoms with Gasteiger partial charge in [-0.3, -0.25) is 9.59 Å². The second-order valence-corrected chi connectivity index (χ2v) is 8.45. The Balaban J connectivity index is 1.56. The summed E-state index contributed by atoms with van der Waals surface area (Å²) < 4.78 is 16.7. The molecule has 2 aromatic carbocycles. The number of carbonyl (C=O) groups is 2. The lowest BCUT2D eigenvalue weighted by molar-refractivity contribution is -0.130. The summed E-state index contributed by atoms with van der Waals surface area (Å²) in [4.78, 5) is 28.1. The number of amides is 1. The van der Waals surface area contributed by atoms with Crippen LogP contribution in [-0.4, -0.2) is 28.8 Å². The number of ketones is 1. The summed E-state index contributed by atoms with van der Waals surface area (Å²) in [7, 11) is 1.57. The number of aliphatic hydroxyl groups excluding tert-OH is 1. The number of aryl methyl sites for hydroxylation is 1. The Hall–Kier alpha value is -3.97. The summed E-state index contributed by atoms with van der Waals surface area (Å²) in [6, 6.07) is 16.2. The molecule has 2 aromatic heterocycles. The number of halogens is 1. The summed E-state index contributed by atoms with van der Waals surface area (Å²) in [5, 5.41) is 12.0. The van der Waals surface area contributed by atoms with Gasteiger partial charge in [0.15, 0.2) is 11.5 Å². The molecule has 3 heterocycles. The van der Waals surface area contributed by atoms with Gasteiger partial charge in [-0.05, 0) is 61.0 Å². The van der Waals surface area contributed by atoms with Gasteiger partial charge >= 0.3 is 0 Å². The number of hydrogen-bond donors (Lipinski definition) is 1. The lowest BCUT2D eigenvalue weighted by Crippen LogP contribution is -2.30. The van der Waals surface area contributed by atoms with Crippen molar-refractivity contribution < 1.29 is 28.3 Å². The van der Waals surface area contributed by atoms with E-state index >= 15 is 0 Å². The van der Waals surface area contributed by atoms with E-state index in [4.69, 9.17) is 25.2 Å². The number of aliphatic hydroxyl groups is 1. The van der Waals surface area contributed by atoms with E-state index in [0.29, 0.717) is 33.3 Å². The first kappa shape index (κ1) is 21.9. The molecule has 0 aliphatic carbocycles. The van der Waals surface area contributed by atoms with Crippen LogP contribution in [0.5, 0.6) is 5.75 Å². The van der Waals surface area contributed by atoms with E-state index in [0.717, 1.165) is 5.56 Å². The number of nitrogens with zero attached hydrogens (tertiary/aromatic N) is 1. The topological polar surface area (TPSA) is 93.1 Å². The smallest absolute Gasteiger partial charge is 0.290 e. The number of ether oxygens (including phenoxy) is 1. The number of Topliss-reactive ketones (excluding diaryl/α,β-unsaturated/α-hetero) is 1. The lowest BCUT2D eigenvalue weighted by Gasteiger charge is -2.25. The highest BCUT2D eigenvalue weighted by molar-refractivity contribution is 6.31. The molecule has 0 spiro atoms. The number of benzene rings is 2. The fraction of sp³-hybridized carbons (Fsp3) is 0.154. The Bertz CT molecular complexity index is 1450. The predicted octanol–water partition coefficient (Wildman–Crippen LogP) is 5.77. The fourth-order valence-electron chi connectivity index (χ4n) is 4.13. The van der Waals surface area contributed by atoms with Crippen LogP contribution in [0.25, 0.3) is 11.0 Å². The average Bonchev–Trinajstić information content (AvgIpc) is 3.51. The van der Waals surface area contributed by atoms with Crippen molar-refractivity contribution in [3.8, 4) is 5.75 Å². The Labute approximate surface area is 199 Å². The first-order valence-corrected chi connectivity index (χ1v) is 10.9. The molecule has 7 nitrogen and oxygen atoms in total. The van der Waals surface area contributed by atoms with Gasteiger partial charge in [0.05, 0.1) is 12.7 Å². The van der Waals surface area contributed by atoms with Crippen molar-refractivity contribution in [1.82, 2.24) is 4.90 Å². The quantitative estimate of drug-likeness (QED) is 0.354. The molecule has 0 saturated carbocycles. The number of rotatable bonds is 6. The Morgan fingerprint density at radius 3 is 2.53 bits per heavy atom. The van der Waals surface area contributed by atoms with Gasteiger partial charge in [-0.15, -0.1) is 0 Å². The molecule has 1 N–H and O–H groups in total. The second kappa shape index (κ2) is 8.43. The fourth-order valence-corrected chi connectivity index (χ4v) is 4.31. The molecule has 34 heavy (non-hydrogen) atoms. The van der Waals surface area contributed by atoms with Crippen LogP contribution in [-0.2, 0) is 11.3 Å². The van der Waals surface area contributed by atoms with E-state index in [-0.39, 0.29) is 17.9 Å². The maximum atomic E-state index is 13.5. The van der Waals surface area contributed by atoms with Crippen molar-refractivity contribution >= 4 is 34.3 Å². The zero-order valence-corrected chi connectivity index (χ0v) is 19.1. The van der Waals surface area contributed by atoms with Crippen LogP contribution in [0.15, 0.2) is 80.8 Å². The highest BCUT2D eigenvalue weighted by Crippen LogP contribution is 2.41. The van der Waals surface area contributed by atoms with Gasteiger partial charge in [-0.2, -0.15) is 0 Å². The first-order valence-electron chi connectivity index (χ1n) is 10.5. The molecule has 1 unspecified atom stereocenters. The van der Waals surface area contributed by atoms with Gasteiger partial charge in [0.2, 0.25) is 5.78 Å². The highest BCUT2D eigenvalue weighted by Gasteiger charge is 2.46. The molecular formula is C26H20ClNO6. The van der Waals surface area contributed by atoms with E-state index in [1.54, 1.807) is 62.6 Å². The van der Waals surface area contributed by atoms with E-state index in [1.165, 1.54) is 4.90 Å². The molecule has 4 aromatic rings. The minimum absolute atomic E-state index is 0.00816. The summed E-state index contributed by atoms with van der Waals surface area (Å²) in [5.41, 5.74) is 1.16. The van der Waals surface area contributed by atoms with Crippen LogP contribution in [0.4, 0.5) is 0 Å². The molecule has 0 fully saturated rings. The van der Waals surface area contributed by atoms with Gasteiger partial charge < -0.3 is 23.6 Å². The zero-order valence-electron chi connectivity index (χ0n) is 18.4. The Morgan fingerprint density at radius 2 is 1.85 bits per heavy atom. The van der Waals surface area contributed by atoms with Crippen molar-refractivity contribution in [1.29, 1.82) is 0 Å². The lowest BCUT2D eigenvalue weighted by atomic mass is 9.99. The third-order valence-corrected chi connectivity index (χ3v) is 6.03. The van der Waals surface area contributed by atoms with E-state index in [2.05, 4.69) is 0 Å². The molecule has 172 valence electrons. The molecule has 5 rings (SSSR count). The molecular weight excluding hydrogens is 458 g/mol. The highest BCUT2D eigenvalue weighted by atomic mass is 35.5. The molecule has 1 amide bonds. The monoisotopic (exact) mass is 477 g/mol. The van der Waals surface area contributed by atoms with Crippen molar-refractivity contribution in [3.05, 3.63) is 99.9 Å². The predicted molar refractivity (Wildman–Crippen MR) is 125 cm³/mol. The third kappa shape index (κ3) is 3.74. The van der Waals surface area contributed by atoms with Crippen LogP contribution in [0.1, 0.15) is 33.7 Å². The van der Waals surface area contributed by atoms with Gasteiger partial charge in [-0.25, -0.2) is 0 Å². The molecule has 0 bridgehead atoms. The zero-order chi connectivity index (χ0) is 24.0. The standard InChI is InChI=1S/C26H20ClNO6/c1-14-3-9-20(33-14)23-22(24(29)21-12-16-11-17(27)6-10-19(16)34-21)25(30)26(31)28(23)13-15-4-7-18(32-2)8-5-15/h3-12,23,30H,13H2,1-2H3. The van der Waals surface area contributed by atoms with E-state index in [1.807, 2.05) is 12.1 Å². The molecule has 8 heteroatoms. The number of fused-ring (bicyclic) bond motifs is 1. The van der Waals surface area contributed by atoms with Gasteiger partial charge in [-0.1, -0.05) is 23.7 Å². The molecule has 1 aliphatic heterocycles. The minimum Gasteiger partial charge on any atom is -0.503 e. The number of methoxy groups -OCH3 is 1. The van der Waals surface area contributed by atoms with Crippen molar-refractivity contribution in [2.75, 3.05) is 7.11 Å². The molecule has 1 atom stereocenters. The normalized spacial score (nSPS) is 16.0. The summed E-state index contributed by atoms with van der Waals surface area (Å²) in [6.07, 6.45) is 0. The van der Waals surface area contributed by atoms with E-state index in [9.17, 15) is 14.7 Å². The van der Waals surface area contributed by atoms with Gasteiger partial charge in [0.25, 0.3) is 5.91 Å². The second-order valence-electron chi connectivity index (χ2n) is 8.02. The van der Waals surface area contributed by atoms with Crippen LogP contribution in [0.2, 0.25) is 5.02 Å². The van der Waals surface area contributed by atoms with Crippen LogP contribution >= 0.6 is 11.6 Å². The van der Waals surface area contributed by atoms with Gasteiger partial charge in [0.1, 0.15) is 28.9 Å². The SMILES string of the molecule is COc1ccc(CN2C(=O)C(O)=C(C(=O)c3cc4cc(Cl)ccc4o3)C2c2ccc(C)o2)cc1. The van der Waals surface area contributed by atoms with E-state index < -0.39 is 23.5 Å². The first-order chi connectivity index (χ1) is 16.4. The summed E-state index contributed by atoms with van der Waals surface area (Å²) >= 11 is 6.05. The molecule has 1 aliphatic rings. The molecule has 0 saturated heterocycles. The Morgan fingerprint density at radius 1 is 1.09 bits per heavy atom. The van der Waals surface area contributed by atoms with Crippen LogP contribution in [0.3, 0.4) is 0 Å². The van der Waals surface area contributed by atoms with Gasteiger partial charge in [0, 0.05) is 17.0 Å². The molecule has 0 radical (unpaired) electrons. The largest absolute Gasteiger partial charge is 0.503 e. The Kier molecular flexibility index (Phi) is 5.42. The number of carbonyl (C=O) groups excluding carboxylic acids is 2. The van der Waals surface area contributed by atoms with Crippen molar-refractivity contribution in [2.45, 2.75) is 19.5 Å². The summed E-state index contributed by atoms with van der Waals surface area (Å²) in [5.74, 6) is -0.250. The van der Waals surface area contributed by atoms with Crippen LogP contribution < -0.4 is 4.74 Å². The third-order valence-electron chi connectivity index (χ3n) is 5.79. The summed E-state index contributed by atoms with van der Waals surface area (Å²) in [6.45, 7) is 1.91. The van der Waals surface area contributed by atoms with Crippen molar-refractivity contribution in [2.24, 2.45) is 0 Å². The van der Waals surface area contributed by atoms with Crippen molar-refractivity contribution in [3.63, 3.8) is 0 Å². The van der Waals surface area contributed by atoms with Crippen LogP contribution in [0, 0.1) is 6.92 Å². The maximum absolute atomic E-state index is 13.5.